The van der Waals surface area contributed by atoms with Crippen LogP contribution < -0.4 is 0 Å². The Balaban J connectivity index is 2.78. The molecule has 82 valence electrons. The summed E-state index contributed by atoms with van der Waals surface area (Å²) in [5, 5.41) is 0. The Kier molecular flexibility index (Phi) is 4.23. The number of nitrogens with zero attached hydrogens (tertiary/aromatic N) is 3. The van der Waals surface area contributed by atoms with Gasteiger partial charge in [0.1, 0.15) is 0 Å². The topological polar surface area (TPSA) is 9.49 Å². The Hall–Kier alpha value is -0.730. The summed E-state index contributed by atoms with van der Waals surface area (Å²) in [5.74, 6) is 1.40. The van der Waals surface area contributed by atoms with Crippen LogP contribution in [0.25, 0.3) is 0 Å². The molecule has 1 aliphatic heterocycles. The molecule has 0 atom stereocenters. The normalized spacial score (nSPS) is 15.9. The minimum atomic E-state index is 1.10. The maximum Gasteiger partial charge on any atom is 0.350 e. The molecule has 0 saturated carbocycles. The molecule has 1 saturated heterocycles. The van der Waals surface area contributed by atoms with Crippen molar-refractivity contribution in [3.63, 3.8) is 0 Å². The molecule has 0 spiro atoms. The van der Waals surface area contributed by atoms with Crippen molar-refractivity contribution in [1.29, 1.82) is 0 Å². The van der Waals surface area contributed by atoms with Crippen molar-refractivity contribution >= 4 is 5.96 Å². The third kappa shape index (κ3) is 2.40. The fourth-order valence-electron chi connectivity index (χ4n) is 2.19. The van der Waals surface area contributed by atoms with Gasteiger partial charge in [-0.25, -0.2) is 0 Å². The lowest BCUT2D eigenvalue weighted by molar-refractivity contribution is -0.476. The number of likely N-dealkylation sites (tertiary alicyclic amines) is 1. The van der Waals surface area contributed by atoms with E-state index in [2.05, 4.69) is 42.3 Å². The van der Waals surface area contributed by atoms with Crippen LogP contribution in [0.5, 0.6) is 0 Å². The Labute approximate surface area is 88.0 Å². The molecule has 14 heavy (non-hydrogen) atoms. The molecule has 1 fully saturated rings. The highest BCUT2D eigenvalue weighted by atomic mass is 15.4. The van der Waals surface area contributed by atoms with E-state index in [1.54, 1.807) is 0 Å². The summed E-state index contributed by atoms with van der Waals surface area (Å²) in [6.45, 7) is 9.10. The molecule has 1 rings (SSSR count). The molecule has 0 unspecified atom stereocenters. The van der Waals surface area contributed by atoms with Gasteiger partial charge in [0.15, 0.2) is 0 Å². The van der Waals surface area contributed by atoms with E-state index in [1.807, 2.05) is 0 Å². The van der Waals surface area contributed by atoms with Crippen molar-refractivity contribution < 1.29 is 4.58 Å². The van der Waals surface area contributed by atoms with E-state index in [9.17, 15) is 0 Å². The van der Waals surface area contributed by atoms with Gasteiger partial charge in [-0.1, -0.05) is 0 Å². The summed E-state index contributed by atoms with van der Waals surface area (Å²) in [6.07, 6.45) is 2.69. The largest absolute Gasteiger partial charge is 0.350 e. The molecular formula is C11H24N3+. The van der Waals surface area contributed by atoms with Gasteiger partial charge < -0.3 is 0 Å². The van der Waals surface area contributed by atoms with Gasteiger partial charge in [-0.05, 0) is 26.7 Å². The van der Waals surface area contributed by atoms with Gasteiger partial charge in [0.05, 0.1) is 40.3 Å². The van der Waals surface area contributed by atoms with Crippen molar-refractivity contribution in [3.8, 4) is 0 Å². The molecule has 0 bridgehead atoms. The lowest BCUT2D eigenvalue weighted by Crippen LogP contribution is -2.47. The second-order valence-electron chi connectivity index (χ2n) is 4.06. The number of hydrogen-bond acceptors (Lipinski definition) is 0. The SMILES string of the molecule is CCN(CC)C(N1CCCC1)=[N+](C)C. The summed E-state index contributed by atoms with van der Waals surface area (Å²) in [5.41, 5.74) is 0. The Morgan fingerprint density at radius 1 is 1.14 bits per heavy atom. The van der Waals surface area contributed by atoms with Crippen LogP contribution in [0.2, 0.25) is 0 Å². The van der Waals surface area contributed by atoms with E-state index in [0.717, 1.165) is 13.1 Å². The highest BCUT2D eigenvalue weighted by molar-refractivity contribution is 5.75. The summed E-state index contributed by atoms with van der Waals surface area (Å²) in [6, 6.07) is 0. The predicted molar refractivity (Wildman–Crippen MR) is 60.8 cm³/mol. The molecule has 0 aliphatic carbocycles. The molecule has 0 aromatic carbocycles. The van der Waals surface area contributed by atoms with Crippen molar-refractivity contribution in [2.75, 3.05) is 40.3 Å². The molecule has 1 aliphatic rings. The molecular weight excluding hydrogens is 174 g/mol. The molecule has 1 heterocycles. The lowest BCUT2D eigenvalue weighted by atomic mass is 10.4. The zero-order valence-electron chi connectivity index (χ0n) is 10.1. The molecule has 0 radical (unpaired) electrons. The number of guanidine groups is 1. The van der Waals surface area contributed by atoms with Gasteiger partial charge in [-0.3, -0.25) is 14.4 Å². The van der Waals surface area contributed by atoms with Crippen LogP contribution in [0.15, 0.2) is 0 Å². The second kappa shape index (κ2) is 5.23. The van der Waals surface area contributed by atoms with Crippen molar-refractivity contribution in [3.05, 3.63) is 0 Å². The zero-order valence-corrected chi connectivity index (χ0v) is 10.1. The van der Waals surface area contributed by atoms with Crippen LogP contribution in [-0.4, -0.2) is 60.6 Å². The van der Waals surface area contributed by atoms with Crippen LogP contribution in [0, 0.1) is 0 Å². The smallest absolute Gasteiger partial charge is 0.270 e. The average molecular weight is 198 g/mol. The summed E-state index contributed by atoms with van der Waals surface area (Å²) in [4.78, 5) is 4.94. The second-order valence-corrected chi connectivity index (χ2v) is 4.06. The van der Waals surface area contributed by atoms with Gasteiger partial charge in [0, 0.05) is 0 Å². The first-order valence-corrected chi connectivity index (χ1v) is 5.74. The van der Waals surface area contributed by atoms with Crippen LogP contribution in [0.3, 0.4) is 0 Å². The predicted octanol–water partition coefficient (Wildman–Crippen LogP) is 1.05. The Morgan fingerprint density at radius 3 is 2.00 bits per heavy atom. The van der Waals surface area contributed by atoms with Crippen LogP contribution in [0.1, 0.15) is 26.7 Å². The maximum absolute atomic E-state index is 2.51. The van der Waals surface area contributed by atoms with E-state index in [4.69, 9.17) is 0 Å². The first-order valence-electron chi connectivity index (χ1n) is 5.74. The summed E-state index contributed by atoms with van der Waals surface area (Å²) < 4.78 is 2.25. The van der Waals surface area contributed by atoms with E-state index >= 15 is 0 Å². The minimum absolute atomic E-state index is 1.10. The van der Waals surface area contributed by atoms with E-state index in [-0.39, 0.29) is 0 Å². The fraction of sp³-hybridized carbons (Fsp3) is 0.909. The van der Waals surface area contributed by atoms with Crippen LogP contribution in [-0.2, 0) is 0 Å². The first-order chi connectivity index (χ1) is 6.70. The van der Waals surface area contributed by atoms with Gasteiger partial charge in [-0.2, -0.15) is 0 Å². The molecule has 3 nitrogen and oxygen atoms in total. The number of rotatable bonds is 2. The first kappa shape index (κ1) is 11.3. The fourth-order valence-corrected chi connectivity index (χ4v) is 2.19. The maximum atomic E-state index is 2.51. The van der Waals surface area contributed by atoms with Crippen molar-refractivity contribution in [2.45, 2.75) is 26.7 Å². The number of hydrogen-bond donors (Lipinski definition) is 0. The molecule has 3 heteroatoms. The van der Waals surface area contributed by atoms with Crippen molar-refractivity contribution in [1.82, 2.24) is 9.80 Å². The Bertz CT molecular complexity index is 193. The standard InChI is InChI=1S/C11H24N3/c1-5-13(6-2)11(12(3)4)14-9-7-8-10-14/h5-10H2,1-4H3/q+1. The third-order valence-electron chi connectivity index (χ3n) is 2.84. The van der Waals surface area contributed by atoms with E-state index in [1.165, 1.54) is 31.9 Å². The molecule has 0 aromatic rings. The van der Waals surface area contributed by atoms with Crippen LogP contribution in [0.4, 0.5) is 0 Å². The molecule has 0 aromatic heterocycles. The summed E-state index contributed by atoms with van der Waals surface area (Å²) >= 11 is 0. The Morgan fingerprint density at radius 2 is 1.64 bits per heavy atom. The van der Waals surface area contributed by atoms with Crippen molar-refractivity contribution in [2.24, 2.45) is 0 Å². The average Bonchev–Trinajstić information content (AvgIpc) is 2.65. The highest BCUT2D eigenvalue weighted by Crippen LogP contribution is 2.10. The highest BCUT2D eigenvalue weighted by Gasteiger charge is 2.27. The van der Waals surface area contributed by atoms with Gasteiger partial charge >= 0.3 is 5.96 Å². The quantitative estimate of drug-likeness (QED) is 0.373. The van der Waals surface area contributed by atoms with E-state index < -0.39 is 0 Å². The zero-order chi connectivity index (χ0) is 10.6. The van der Waals surface area contributed by atoms with Gasteiger partial charge in [0.25, 0.3) is 0 Å². The molecule has 0 N–H and O–H groups in total. The minimum Gasteiger partial charge on any atom is -0.270 e. The van der Waals surface area contributed by atoms with Gasteiger partial charge in [0.2, 0.25) is 0 Å². The monoisotopic (exact) mass is 198 g/mol. The third-order valence-corrected chi connectivity index (χ3v) is 2.84. The van der Waals surface area contributed by atoms with Gasteiger partial charge in [-0.15, -0.1) is 0 Å². The summed E-state index contributed by atoms with van der Waals surface area (Å²) in [7, 11) is 4.29. The van der Waals surface area contributed by atoms with E-state index in [0.29, 0.717) is 0 Å². The van der Waals surface area contributed by atoms with Crippen LogP contribution >= 0.6 is 0 Å². The lowest BCUT2D eigenvalue weighted by Gasteiger charge is -2.24. The molecule has 0 amide bonds.